The molecule has 3 aromatic rings. The summed E-state index contributed by atoms with van der Waals surface area (Å²) in [4.78, 5) is 29.0. The number of carbonyl (C=O) groups excluding carboxylic acids is 2. The van der Waals surface area contributed by atoms with Crippen molar-refractivity contribution < 1.29 is 14.3 Å². The van der Waals surface area contributed by atoms with Gasteiger partial charge in [-0.05, 0) is 36.6 Å². The Bertz CT molecular complexity index is 1220. The molecule has 0 N–H and O–H groups in total. The maximum atomic E-state index is 12.9. The molecule has 1 saturated heterocycles. The van der Waals surface area contributed by atoms with E-state index in [1.54, 1.807) is 13.2 Å². The number of piperazine rings is 1. The molecule has 2 heterocycles. The van der Waals surface area contributed by atoms with Gasteiger partial charge in [0.2, 0.25) is 11.8 Å². The van der Waals surface area contributed by atoms with Gasteiger partial charge in [-0.1, -0.05) is 42.5 Å². The fourth-order valence-electron chi connectivity index (χ4n) is 4.46. The summed E-state index contributed by atoms with van der Waals surface area (Å²) >= 11 is 0. The molecule has 180 valence electrons. The van der Waals surface area contributed by atoms with E-state index in [0.717, 1.165) is 41.0 Å². The second-order valence-corrected chi connectivity index (χ2v) is 9.07. The Hall–Kier alpha value is -3.87. The highest BCUT2D eigenvalue weighted by Gasteiger charge is 2.35. The molecule has 2 aromatic carbocycles. The molecule has 0 bridgehead atoms. The molecule has 1 aliphatic heterocycles. The van der Waals surface area contributed by atoms with Crippen LogP contribution >= 0.6 is 0 Å². The van der Waals surface area contributed by atoms with Gasteiger partial charge in [0, 0.05) is 55.5 Å². The number of methoxy groups -OCH3 is 1. The number of hydrogen-bond acceptors (Lipinski definition) is 4. The Kier molecular flexibility index (Phi) is 6.66. The number of benzene rings is 2. The van der Waals surface area contributed by atoms with Crippen LogP contribution in [0, 0.1) is 5.92 Å². The van der Waals surface area contributed by atoms with E-state index in [4.69, 9.17) is 9.84 Å². The maximum absolute atomic E-state index is 12.9. The normalized spacial score (nSPS) is 16.0. The van der Waals surface area contributed by atoms with Crippen LogP contribution in [0.1, 0.15) is 24.0 Å². The molecule has 0 unspecified atom stereocenters. The number of aromatic nitrogens is 2. The number of para-hydroxylation sites is 1. The molecule has 0 atom stereocenters. The van der Waals surface area contributed by atoms with Gasteiger partial charge in [-0.2, -0.15) is 5.10 Å². The lowest BCUT2D eigenvalue weighted by atomic mass is 10.1. The molecule has 1 aromatic heterocycles. The standard InChI is InChI=1S/C28H30N4O3/c1-35-25-10-6-5-9-24(25)27-23(20-32(29-27)19-21-7-3-2-4-8-21)13-14-26(33)30-15-17-31(18-16-30)28(34)22-11-12-22/h2-10,13-14,20,22H,11-12,15-19H2,1H3/b14-13+. The van der Waals surface area contributed by atoms with Gasteiger partial charge in [-0.15, -0.1) is 0 Å². The summed E-state index contributed by atoms with van der Waals surface area (Å²) in [6.07, 6.45) is 7.42. The zero-order valence-electron chi connectivity index (χ0n) is 20.0. The third-order valence-corrected chi connectivity index (χ3v) is 6.57. The number of ether oxygens (including phenoxy) is 1. The van der Waals surface area contributed by atoms with Crippen LogP contribution in [-0.2, 0) is 16.1 Å². The van der Waals surface area contributed by atoms with Crippen LogP contribution in [0.3, 0.4) is 0 Å². The molecule has 2 fully saturated rings. The van der Waals surface area contributed by atoms with Crippen LogP contribution in [0.15, 0.2) is 66.9 Å². The largest absolute Gasteiger partial charge is 0.496 e. The van der Waals surface area contributed by atoms with Gasteiger partial charge in [0.05, 0.1) is 13.7 Å². The molecule has 0 spiro atoms. The Morgan fingerprint density at radius 3 is 2.37 bits per heavy atom. The van der Waals surface area contributed by atoms with Crippen molar-refractivity contribution in [1.82, 2.24) is 19.6 Å². The minimum Gasteiger partial charge on any atom is -0.496 e. The zero-order chi connectivity index (χ0) is 24.2. The minimum atomic E-state index is -0.0506. The van der Waals surface area contributed by atoms with Crippen molar-refractivity contribution in [2.75, 3.05) is 33.3 Å². The lowest BCUT2D eigenvalue weighted by molar-refractivity contribution is -0.138. The van der Waals surface area contributed by atoms with E-state index in [9.17, 15) is 9.59 Å². The molecule has 35 heavy (non-hydrogen) atoms. The quantitative estimate of drug-likeness (QED) is 0.494. The molecule has 2 aliphatic rings. The van der Waals surface area contributed by atoms with E-state index in [1.807, 2.05) is 69.2 Å². The van der Waals surface area contributed by atoms with E-state index in [1.165, 1.54) is 0 Å². The SMILES string of the molecule is COc1ccccc1-c1nn(Cc2ccccc2)cc1/C=C/C(=O)N1CCN(C(=O)C2CC2)CC1. The van der Waals surface area contributed by atoms with Crippen molar-refractivity contribution in [3.8, 4) is 17.0 Å². The van der Waals surface area contributed by atoms with Crippen molar-refractivity contribution in [2.45, 2.75) is 19.4 Å². The monoisotopic (exact) mass is 470 g/mol. The third kappa shape index (κ3) is 5.29. The Labute approximate surface area is 205 Å². The average molecular weight is 471 g/mol. The first kappa shape index (κ1) is 22.9. The van der Waals surface area contributed by atoms with Crippen molar-refractivity contribution in [1.29, 1.82) is 0 Å². The Morgan fingerprint density at radius 1 is 0.971 bits per heavy atom. The summed E-state index contributed by atoms with van der Waals surface area (Å²) in [5, 5.41) is 4.84. The summed E-state index contributed by atoms with van der Waals surface area (Å²) in [5.74, 6) is 1.15. The molecule has 1 saturated carbocycles. The van der Waals surface area contributed by atoms with Gasteiger partial charge < -0.3 is 14.5 Å². The second-order valence-electron chi connectivity index (χ2n) is 9.07. The van der Waals surface area contributed by atoms with E-state index >= 15 is 0 Å². The van der Waals surface area contributed by atoms with Crippen molar-refractivity contribution >= 4 is 17.9 Å². The number of amides is 2. The topological polar surface area (TPSA) is 67.7 Å². The fourth-order valence-corrected chi connectivity index (χ4v) is 4.46. The first-order chi connectivity index (χ1) is 17.1. The highest BCUT2D eigenvalue weighted by Crippen LogP contribution is 2.32. The van der Waals surface area contributed by atoms with Crippen LogP contribution in [0.4, 0.5) is 0 Å². The van der Waals surface area contributed by atoms with Crippen LogP contribution in [0.5, 0.6) is 5.75 Å². The molecule has 5 rings (SSSR count). The summed E-state index contributed by atoms with van der Waals surface area (Å²) in [6, 6.07) is 17.9. The minimum absolute atomic E-state index is 0.0506. The average Bonchev–Trinajstić information content (AvgIpc) is 3.68. The lowest BCUT2D eigenvalue weighted by Crippen LogP contribution is -2.50. The second kappa shape index (κ2) is 10.2. The number of carbonyl (C=O) groups is 2. The lowest BCUT2D eigenvalue weighted by Gasteiger charge is -2.34. The molecule has 0 radical (unpaired) electrons. The van der Waals surface area contributed by atoms with Crippen molar-refractivity contribution in [2.24, 2.45) is 5.92 Å². The van der Waals surface area contributed by atoms with Gasteiger partial charge >= 0.3 is 0 Å². The highest BCUT2D eigenvalue weighted by atomic mass is 16.5. The molecule has 7 heteroatoms. The summed E-state index contributed by atoms with van der Waals surface area (Å²) in [5.41, 5.74) is 3.64. The van der Waals surface area contributed by atoms with Crippen molar-refractivity contribution in [3.05, 3.63) is 78.0 Å². The number of rotatable bonds is 7. The Morgan fingerprint density at radius 2 is 1.66 bits per heavy atom. The van der Waals surface area contributed by atoms with Gasteiger partial charge in [0.25, 0.3) is 0 Å². The number of nitrogens with zero attached hydrogens (tertiary/aromatic N) is 4. The zero-order valence-corrected chi connectivity index (χ0v) is 20.0. The maximum Gasteiger partial charge on any atom is 0.246 e. The van der Waals surface area contributed by atoms with Gasteiger partial charge in [0.1, 0.15) is 11.4 Å². The van der Waals surface area contributed by atoms with E-state index in [0.29, 0.717) is 32.7 Å². The molecular weight excluding hydrogens is 440 g/mol. The van der Waals surface area contributed by atoms with Crippen LogP contribution < -0.4 is 4.74 Å². The summed E-state index contributed by atoms with van der Waals surface area (Å²) < 4.78 is 7.47. The molecule has 7 nitrogen and oxygen atoms in total. The van der Waals surface area contributed by atoms with Crippen LogP contribution in [-0.4, -0.2) is 64.7 Å². The van der Waals surface area contributed by atoms with E-state index in [-0.39, 0.29) is 17.7 Å². The first-order valence-electron chi connectivity index (χ1n) is 12.1. The van der Waals surface area contributed by atoms with Crippen LogP contribution in [0.2, 0.25) is 0 Å². The predicted molar refractivity (Wildman–Crippen MR) is 135 cm³/mol. The summed E-state index contributed by atoms with van der Waals surface area (Å²) in [6.45, 7) is 2.97. The van der Waals surface area contributed by atoms with Crippen molar-refractivity contribution in [3.63, 3.8) is 0 Å². The smallest absolute Gasteiger partial charge is 0.246 e. The fraction of sp³-hybridized carbons (Fsp3) is 0.321. The predicted octanol–water partition coefficient (Wildman–Crippen LogP) is 3.70. The van der Waals surface area contributed by atoms with Gasteiger partial charge in [0.15, 0.2) is 0 Å². The first-order valence-corrected chi connectivity index (χ1v) is 12.1. The Balaban J connectivity index is 1.34. The molecule has 1 aliphatic carbocycles. The summed E-state index contributed by atoms with van der Waals surface area (Å²) in [7, 11) is 1.65. The highest BCUT2D eigenvalue weighted by molar-refractivity contribution is 5.93. The van der Waals surface area contributed by atoms with Gasteiger partial charge in [-0.3, -0.25) is 14.3 Å². The van der Waals surface area contributed by atoms with E-state index < -0.39 is 0 Å². The van der Waals surface area contributed by atoms with Gasteiger partial charge in [-0.25, -0.2) is 0 Å². The van der Waals surface area contributed by atoms with Crippen LogP contribution in [0.25, 0.3) is 17.3 Å². The third-order valence-electron chi connectivity index (χ3n) is 6.57. The molecule has 2 amide bonds. The molecular formula is C28H30N4O3. The van der Waals surface area contributed by atoms with E-state index in [2.05, 4.69) is 12.1 Å². The number of hydrogen-bond donors (Lipinski definition) is 0.